The molecule has 4 rings (SSSR count). The van der Waals surface area contributed by atoms with E-state index < -0.39 is 0 Å². The van der Waals surface area contributed by atoms with Gasteiger partial charge in [-0.1, -0.05) is 18.6 Å². The number of hydrogen-bond acceptors (Lipinski definition) is 2. The summed E-state index contributed by atoms with van der Waals surface area (Å²) in [7, 11) is 0. The van der Waals surface area contributed by atoms with E-state index in [1.165, 1.54) is 36.8 Å². The van der Waals surface area contributed by atoms with Gasteiger partial charge in [-0.3, -0.25) is 9.69 Å². The van der Waals surface area contributed by atoms with E-state index in [0.29, 0.717) is 12.1 Å². The van der Waals surface area contributed by atoms with Crippen LogP contribution in [0, 0.1) is 13.8 Å². The normalized spacial score (nSPS) is 22.8. The van der Waals surface area contributed by atoms with E-state index in [1.54, 1.807) is 0 Å². The van der Waals surface area contributed by atoms with Crippen molar-refractivity contribution in [3.05, 3.63) is 35.0 Å². The largest absolute Gasteiger partial charge is 0.358 e. The average molecular weight is 325 g/mol. The molecule has 1 aromatic heterocycles. The number of aromatic nitrogens is 1. The van der Waals surface area contributed by atoms with Crippen LogP contribution in [-0.4, -0.2) is 52.4 Å². The first-order valence-electron chi connectivity index (χ1n) is 9.19. The Hall–Kier alpha value is -1.81. The Balaban J connectivity index is 1.51. The zero-order valence-corrected chi connectivity index (χ0v) is 14.9. The van der Waals surface area contributed by atoms with Gasteiger partial charge in [0.05, 0.1) is 11.1 Å². The van der Waals surface area contributed by atoms with E-state index in [1.807, 2.05) is 17.0 Å². The van der Waals surface area contributed by atoms with Gasteiger partial charge in [-0.15, -0.1) is 0 Å². The molecule has 2 saturated heterocycles. The second-order valence-electron chi connectivity index (χ2n) is 7.55. The molecule has 1 aromatic carbocycles. The van der Waals surface area contributed by atoms with E-state index in [-0.39, 0.29) is 5.91 Å². The molecular weight excluding hydrogens is 298 g/mol. The highest BCUT2D eigenvalue weighted by molar-refractivity contribution is 6.07. The number of hydrogen-bond donors (Lipinski definition) is 1. The van der Waals surface area contributed by atoms with Gasteiger partial charge < -0.3 is 9.88 Å². The van der Waals surface area contributed by atoms with Crippen molar-refractivity contribution >= 4 is 16.8 Å². The molecule has 4 heteroatoms. The van der Waals surface area contributed by atoms with Crippen molar-refractivity contribution in [3.63, 3.8) is 0 Å². The summed E-state index contributed by atoms with van der Waals surface area (Å²) in [5, 5.41) is 1.17. The minimum Gasteiger partial charge on any atom is -0.358 e. The van der Waals surface area contributed by atoms with Crippen LogP contribution in [0.15, 0.2) is 18.2 Å². The van der Waals surface area contributed by atoms with Crippen LogP contribution in [0.5, 0.6) is 0 Å². The lowest BCUT2D eigenvalue weighted by Gasteiger charge is -2.49. The predicted molar refractivity (Wildman–Crippen MR) is 97.5 cm³/mol. The Morgan fingerprint density at radius 3 is 2.75 bits per heavy atom. The quantitative estimate of drug-likeness (QED) is 0.918. The minimum absolute atomic E-state index is 0.169. The van der Waals surface area contributed by atoms with E-state index in [9.17, 15) is 4.79 Å². The van der Waals surface area contributed by atoms with E-state index in [0.717, 1.165) is 29.9 Å². The summed E-state index contributed by atoms with van der Waals surface area (Å²) in [5.41, 5.74) is 4.19. The molecular formula is C20H27N3O. The standard InChI is InChI=1S/C20H27N3O/c1-13-7-4-5-10-23(13)16-11-22(12-16)20(24)18-9-6-8-17-14(2)15(3)21-19(17)18/h6,8-9,13,16,21H,4-5,7,10-12H2,1-3H3. The minimum atomic E-state index is 0.169. The smallest absolute Gasteiger partial charge is 0.256 e. The van der Waals surface area contributed by atoms with Gasteiger partial charge in [-0.2, -0.15) is 0 Å². The van der Waals surface area contributed by atoms with Gasteiger partial charge >= 0.3 is 0 Å². The number of rotatable bonds is 2. The summed E-state index contributed by atoms with van der Waals surface area (Å²) in [6.07, 6.45) is 3.94. The summed E-state index contributed by atoms with van der Waals surface area (Å²) in [4.78, 5) is 21.0. The van der Waals surface area contributed by atoms with Crippen LogP contribution in [0.1, 0.15) is 47.8 Å². The maximum Gasteiger partial charge on any atom is 0.256 e. The number of nitrogens with zero attached hydrogens (tertiary/aromatic N) is 2. The maximum atomic E-state index is 13.0. The molecule has 0 spiro atoms. The lowest BCUT2D eigenvalue weighted by Crippen LogP contribution is -2.63. The number of fused-ring (bicyclic) bond motifs is 1. The molecule has 4 nitrogen and oxygen atoms in total. The molecule has 2 aliphatic rings. The van der Waals surface area contributed by atoms with E-state index in [2.05, 4.69) is 36.7 Å². The summed E-state index contributed by atoms with van der Waals surface area (Å²) in [5.74, 6) is 0.169. The molecule has 2 aliphatic heterocycles. The highest BCUT2D eigenvalue weighted by Gasteiger charge is 2.38. The number of piperidine rings is 1. The number of aromatic amines is 1. The first-order valence-corrected chi connectivity index (χ1v) is 9.19. The Bertz CT molecular complexity index is 773. The highest BCUT2D eigenvalue weighted by Crippen LogP contribution is 2.28. The van der Waals surface area contributed by atoms with Gasteiger partial charge in [-0.25, -0.2) is 0 Å². The number of amides is 1. The molecule has 24 heavy (non-hydrogen) atoms. The highest BCUT2D eigenvalue weighted by atomic mass is 16.2. The molecule has 0 bridgehead atoms. The molecule has 1 amide bonds. The summed E-state index contributed by atoms with van der Waals surface area (Å²) in [6.45, 7) is 9.45. The molecule has 0 saturated carbocycles. The number of carbonyl (C=O) groups excluding carboxylic acids is 1. The first-order chi connectivity index (χ1) is 11.6. The van der Waals surface area contributed by atoms with Gasteiger partial charge in [-0.05, 0) is 51.8 Å². The van der Waals surface area contributed by atoms with Crippen molar-refractivity contribution in [1.29, 1.82) is 0 Å². The van der Waals surface area contributed by atoms with Crippen molar-refractivity contribution < 1.29 is 4.79 Å². The molecule has 0 aliphatic carbocycles. The van der Waals surface area contributed by atoms with Gasteiger partial charge in [0.2, 0.25) is 0 Å². The molecule has 1 unspecified atom stereocenters. The lowest BCUT2D eigenvalue weighted by atomic mass is 9.96. The fourth-order valence-electron chi connectivity index (χ4n) is 4.32. The molecule has 128 valence electrons. The number of H-pyrrole nitrogens is 1. The number of para-hydroxylation sites is 1. The number of nitrogens with one attached hydrogen (secondary N) is 1. The van der Waals surface area contributed by atoms with E-state index in [4.69, 9.17) is 0 Å². The van der Waals surface area contributed by atoms with Crippen LogP contribution in [0.3, 0.4) is 0 Å². The van der Waals surface area contributed by atoms with Crippen molar-refractivity contribution in [2.75, 3.05) is 19.6 Å². The summed E-state index contributed by atoms with van der Waals surface area (Å²) >= 11 is 0. The van der Waals surface area contributed by atoms with Gasteiger partial charge in [0, 0.05) is 36.3 Å². The molecule has 2 fully saturated rings. The zero-order chi connectivity index (χ0) is 16.8. The van der Waals surface area contributed by atoms with Crippen LogP contribution in [0.4, 0.5) is 0 Å². The van der Waals surface area contributed by atoms with Crippen LogP contribution >= 0.6 is 0 Å². The Morgan fingerprint density at radius 1 is 1.21 bits per heavy atom. The van der Waals surface area contributed by atoms with Gasteiger partial charge in [0.1, 0.15) is 0 Å². The van der Waals surface area contributed by atoms with E-state index >= 15 is 0 Å². The Morgan fingerprint density at radius 2 is 2.00 bits per heavy atom. The maximum absolute atomic E-state index is 13.0. The molecule has 1 N–H and O–H groups in total. The van der Waals surface area contributed by atoms with Crippen LogP contribution in [0.2, 0.25) is 0 Å². The van der Waals surface area contributed by atoms with Crippen LogP contribution < -0.4 is 0 Å². The fraction of sp³-hybridized carbons (Fsp3) is 0.550. The number of benzene rings is 1. The summed E-state index contributed by atoms with van der Waals surface area (Å²) < 4.78 is 0. The lowest BCUT2D eigenvalue weighted by molar-refractivity contribution is 0.00222. The third kappa shape index (κ3) is 2.44. The first kappa shape index (κ1) is 15.7. The topological polar surface area (TPSA) is 39.3 Å². The second-order valence-corrected chi connectivity index (χ2v) is 7.55. The molecule has 1 atom stereocenters. The third-order valence-electron chi connectivity index (χ3n) is 6.05. The third-order valence-corrected chi connectivity index (χ3v) is 6.05. The van der Waals surface area contributed by atoms with Gasteiger partial charge in [0.25, 0.3) is 5.91 Å². The SMILES string of the molecule is Cc1[nH]c2c(C(=O)N3CC(N4CCCCC4C)C3)cccc2c1C. The number of carbonyl (C=O) groups is 1. The van der Waals surface area contributed by atoms with Crippen molar-refractivity contribution in [1.82, 2.24) is 14.8 Å². The van der Waals surface area contributed by atoms with Crippen LogP contribution in [0.25, 0.3) is 10.9 Å². The molecule has 3 heterocycles. The van der Waals surface area contributed by atoms with Crippen LogP contribution in [-0.2, 0) is 0 Å². The fourth-order valence-corrected chi connectivity index (χ4v) is 4.32. The number of likely N-dealkylation sites (tertiary alicyclic amines) is 2. The molecule has 2 aromatic rings. The summed E-state index contributed by atoms with van der Waals surface area (Å²) in [6, 6.07) is 7.27. The Kier molecular flexibility index (Phi) is 3.87. The Labute approximate surface area is 143 Å². The van der Waals surface area contributed by atoms with Gasteiger partial charge in [0.15, 0.2) is 0 Å². The van der Waals surface area contributed by atoms with Crippen molar-refractivity contribution in [2.24, 2.45) is 0 Å². The van der Waals surface area contributed by atoms with Crippen molar-refractivity contribution in [3.8, 4) is 0 Å². The van der Waals surface area contributed by atoms with Crippen molar-refractivity contribution in [2.45, 2.75) is 52.1 Å². The zero-order valence-electron chi connectivity index (χ0n) is 14.9. The predicted octanol–water partition coefficient (Wildman–Crippen LogP) is 3.48. The monoisotopic (exact) mass is 325 g/mol. The number of aryl methyl sites for hydroxylation is 2. The average Bonchev–Trinajstić information content (AvgIpc) is 2.82. The molecule has 0 radical (unpaired) electrons. The second kappa shape index (κ2) is 5.92.